The Morgan fingerprint density at radius 3 is 2.82 bits per heavy atom. The van der Waals surface area contributed by atoms with Gasteiger partial charge in [0.1, 0.15) is 0 Å². The first kappa shape index (κ1) is 31.9. The van der Waals surface area contributed by atoms with E-state index in [0.29, 0.717) is 56.1 Å². The number of carbonyl (C=O) groups excluding carboxylic acids is 2. The average molecular weight is 631 g/mol. The van der Waals surface area contributed by atoms with Crippen molar-refractivity contribution >= 4 is 29.5 Å². The van der Waals surface area contributed by atoms with Gasteiger partial charge in [-0.05, 0) is 25.0 Å². The minimum Gasteiger partial charge on any atom is -0.426 e. The number of ether oxygens (including phenoxy) is 3. The zero-order chi connectivity index (χ0) is 32.0. The van der Waals surface area contributed by atoms with Crippen LogP contribution in [0.4, 0.5) is 24.7 Å². The van der Waals surface area contributed by atoms with Crippen molar-refractivity contribution < 1.29 is 37.0 Å². The molecule has 240 valence electrons. The molecule has 5 rings (SSSR count). The summed E-state index contributed by atoms with van der Waals surface area (Å²) in [6.07, 6.45) is 1.98. The molecule has 1 aromatic carbocycles. The molecule has 1 atom stereocenters. The van der Waals surface area contributed by atoms with Crippen LogP contribution in [-0.2, 0) is 33.4 Å². The van der Waals surface area contributed by atoms with Gasteiger partial charge < -0.3 is 30.6 Å². The number of imidazole rings is 1. The third-order valence-electron chi connectivity index (χ3n) is 7.28. The lowest BCUT2D eigenvalue weighted by molar-refractivity contribution is -0.141. The molecule has 0 radical (unpaired) electrons. The Labute approximate surface area is 255 Å². The summed E-state index contributed by atoms with van der Waals surface area (Å²) in [5.74, 6) is -0.0266. The van der Waals surface area contributed by atoms with Crippen LogP contribution in [-0.4, -0.2) is 76.0 Å². The molecular formula is C29H33F3N8O5. The highest BCUT2D eigenvalue weighted by Gasteiger charge is 2.38. The van der Waals surface area contributed by atoms with E-state index in [-0.39, 0.29) is 59.9 Å². The Bertz CT molecular complexity index is 1650. The summed E-state index contributed by atoms with van der Waals surface area (Å²) in [4.78, 5) is 33.1. The molecule has 4 N–H and O–H groups in total. The van der Waals surface area contributed by atoms with Crippen LogP contribution in [0.2, 0.25) is 0 Å². The molecule has 1 unspecified atom stereocenters. The smallest absolute Gasteiger partial charge is 0.426 e. The van der Waals surface area contributed by atoms with Crippen molar-refractivity contribution in [2.24, 2.45) is 11.7 Å². The first-order valence-corrected chi connectivity index (χ1v) is 14.4. The molecule has 1 amide bonds. The van der Waals surface area contributed by atoms with Gasteiger partial charge in [-0.1, -0.05) is 6.92 Å². The molecule has 45 heavy (non-hydrogen) atoms. The van der Waals surface area contributed by atoms with Gasteiger partial charge in [-0.15, -0.1) is 0 Å². The first-order chi connectivity index (χ1) is 21.7. The van der Waals surface area contributed by atoms with E-state index in [2.05, 4.69) is 25.7 Å². The summed E-state index contributed by atoms with van der Waals surface area (Å²) >= 11 is 0. The van der Waals surface area contributed by atoms with E-state index in [1.165, 1.54) is 33.9 Å². The van der Waals surface area contributed by atoms with Gasteiger partial charge >= 0.3 is 6.18 Å². The van der Waals surface area contributed by atoms with E-state index >= 15 is 0 Å². The van der Waals surface area contributed by atoms with Crippen LogP contribution < -0.4 is 21.1 Å². The van der Waals surface area contributed by atoms with Gasteiger partial charge in [0, 0.05) is 61.9 Å². The zero-order valence-electron chi connectivity index (χ0n) is 24.5. The molecule has 4 aromatic rings. The third kappa shape index (κ3) is 7.08. The van der Waals surface area contributed by atoms with E-state index in [9.17, 15) is 22.8 Å². The summed E-state index contributed by atoms with van der Waals surface area (Å²) in [5, 5.41) is 9.71. The number of benzene rings is 1. The maximum atomic E-state index is 14.1. The fourth-order valence-electron chi connectivity index (χ4n) is 5.23. The monoisotopic (exact) mass is 630 g/mol. The van der Waals surface area contributed by atoms with E-state index in [1.807, 2.05) is 0 Å². The van der Waals surface area contributed by atoms with Crippen molar-refractivity contribution in [1.29, 1.82) is 0 Å². The molecule has 1 fully saturated rings. The van der Waals surface area contributed by atoms with Crippen LogP contribution in [0.3, 0.4) is 0 Å². The SMILES string of the molecule is CCc1c(C(=O)NCCOCCN)ccc(Nc2nccn3c(-c4cn(CC5CCOC5)nc4C(F)(F)F)cnc23)c1OC=O. The number of nitrogens with one attached hydrogen (secondary N) is 2. The molecular weight excluding hydrogens is 597 g/mol. The van der Waals surface area contributed by atoms with Crippen molar-refractivity contribution in [2.75, 3.05) is 44.8 Å². The molecule has 3 aromatic heterocycles. The molecule has 0 spiro atoms. The predicted octanol–water partition coefficient (Wildman–Crippen LogP) is 3.19. The lowest BCUT2D eigenvalue weighted by Gasteiger charge is -2.17. The molecule has 4 heterocycles. The summed E-state index contributed by atoms with van der Waals surface area (Å²) < 4.78 is 61.0. The minimum absolute atomic E-state index is 0.0737. The summed E-state index contributed by atoms with van der Waals surface area (Å²) in [7, 11) is 0. The lowest BCUT2D eigenvalue weighted by atomic mass is 10.0. The van der Waals surface area contributed by atoms with Crippen LogP contribution in [0.25, 0.3) is 16.9 Å². The van der Waals surface area contributed by atoms with Crippen molar-refractivity contribution in [2.45, 2.75) is 32.5 Å². The summed E-state index contributed by atoms with van der Waals surface area (Å²) in [5.41, 5.74) is 5.68. The molecule has 1 aliphatic heterocycles. The third-order valence-corrected chi connectivity index (χ3v) is 7.28. The number of aromatic nitrogens is 5. The fraction of sp³-hybridized carbons (Fsp3) is 0.414. The maximum Gasteiger partial charge on any atom is 0.435 e. The number of fused-ring (bicyclic) bond motifs is 1. The van der Waals surface area contributed by atoms with Gasteiger partial charge in [0.25, 0.3) is 12.4 Å². The Balaban J connectivity index is 1.46. The number of amides is 1. The van der Waals surface area contributed by atoms with Crippen LogP contribution in [0, 0.1) is 5.92 Å². The van der Waals surface area contributed by atoms with Crippen LogP contribution >= 0.6 is 0 Å². The second-order valence-electron chi connectivity index (χ2n) is 10.3. The highest BCUT2D eigenvalue weighted by atomic mass is 19.4. The maximum absolute atomic E-state index is 14.1. The number of nitrogens with zero attached hydrogens (tertiary/aromatic N) is 5. The van der Waals surface area contributed by atoms with Gasteiger partial charge in [0.2, 0.25) is 0 Å². The molecule has 0 bridgehead atoms. The fourth-order valence-corrected chi connectivity index (χ4v) is 5.23. The van der Waals surface area contributed by atoms with Crippen molar-refractivity contribution in [1.82, 2.24) is 29.5 Å². The van der Waals surface area contributed by atoms with Crippen molar-refractivity contribution in [3.05, 3.63) is 53.7 Å². The van der Waals surface area contributed by atoms with Gasteiger partial charge in [0.15, 0.2) is 22.9 Å². The van der Waals surface area contributed by atoms with Crippen LogP contribution in [0.1, 0.15) is 35.0 Å². The van der Waals surface area contributed by atoms with Gasteiger partial charge in [-0.3, -0.25) is 18.7 Å². The van der Waals surface area contributed by atoms with Crippen LogP contribution in [0.15, 0.2) is 36.9 Å². The van der Waals surface area contributed by atoms with E-state index in [1.54, 1.807) is 19.1 Å². The molecule has 0 saturated carbocycles. The second-order valence-corrected chi connectivity index (χ2v) is 10.3. The number of nitrogens with two attached hydrogens (primary N) is 1. The number of hydrogen-bond acceptors (Lipinski definition) is 10. The van der Waals surface area contributed by atoms with Crippen molar-refractivity contribution in [3.63, 3.8) is 0 Å². The topological polar surface area (TPSA) is 160 Å². The number of anilines is 2. The Hall–Kier alpha value is -4.54. The molecule has 0 aliphatic carbocycles. The highest BCUT2D eigenvalue weighted by Crippen LogP contribution is 2.38. The van der Waals surface area contributed by atoms with Gasteiger partial charge in [-0.25, -0.2) is 9.97 Å². The number of alkyl halides is 3. The number of carbonyl (C=O) groups is 2. The summed E-state index contributed by atoms with van der Waals surface area (Å²) in [6, 6.07) is 3.12. The zero-order valence-corrected chi connectivity index (χ0v) is 24.5. The van der Waals surface area contributed by atoms with E-state index < -0.39 is 11.9 Å². The molecule has 13 nitrogen and oxygen atoms in total. The largest absolute Gasteiger partial charge is 0.435 e. The number of hydrogen-bond donors (Lipinski definition) is 3. The number of rotatable bonds is 14. The quantitative estimate of drug-likeness (QED) is 0.140. The minimum atomic E-state index is -4.70. The Kier molecular flexibility index (Phi) is 9.95. The first-order valence-electron chi connectivity index (χ1n) is 14.4. The van der Waals surface area contributed by atoms with Crippen molar-refractivity contribution in [3.8, 4) is 17.0 Å². The van der Waals surface area contributed by atoms with Crippen LogP contribution in [0.5, 0.6) is 5.75 Å². The van der Waals surface area contributed by atoms with Gasteiger partial charge in [0.05, 0.1) is 43.0 Å². The predicted molar refractivity (Wildman–Crippen MR) is 156 cm³/mol. The van der Waals surface area contributed by atoms with E-state index in [4.69, 9.17) is 19.9 Å². The summed E-state index contributed by atoms with van der Waals surface area (Å²) in [6.45, 7) is 4.66. The average Bonchev–Trinajstić information content (AvgIpc) is 3.78. The second kappa shape index (κ2) is 14.0. The highest BCUT2D eigenvalue weighted by molar-refractivity contribution is 5.97. The number of halogens is 3. The lowest BCUT2D eigenvalue weighted by Crippen LogP contribution is -2.29. The molecule has 1 saturated heterocycles. The van der Waals surface area contributed by atoms with E-state index in [0.717, 1.165) is 6.42 Å². The Morgan fingerprint density at radius 2 is 2.11 bits per heavy atom. The molecule has 16 heteroatoms. The molecule has 1 aliphatic rings. The standard InChI is InChI=1S/C29H33F3N8O5/c1-2-19-20(28(42)35-8-12-43-11-6-33)3-4-22(24(19)45-17-41)37-26-27-36-13-23(40(27)9-7-34-26)21-15-39(14-18-5-10-44-16-18)38-25(21)29(30,31)32/h3-4,7,9,13,15,17-18H,2,5-6,8,10-12,14,16,33H2,1H3,(H,34,37)(H,35,42). The Morgan fingerprint density at radius 1 is 1.27 bits per heavy atom. The van der Waals surface area contributed by atoms with Gasteiger partial charge in [-0.2, -0.15) is 18.3 Å². The normalized spacial score (nSPS) is 15.0.